The van der Waals surface area contributed by atoms with Gasteiger partial charge in [-0.2, -0.15) is 0 Å². The highest BCUT2D eigenvalue weighted by atomic mass is 16.5. The first-order valence-corrected chi connectivity index (χ1v) is 9.01. The summed E-state index contributed by atoms with van der Waals surface area (Å²) < 4.78 is 7.99. The summed E-state index contributed by atoms with van der Waals surface area (Å²) in [6, 6.07) is 18.5. The molecule has 1 aliphatic heterocycles. The number of benzene rings is 2. The maximum Gasteiger partial charge on any atom is 0.144 e. The number of anilines is 1. The Morgan fingerprint density at radius 1 is 0.963 bits per heavy atom. The Balaban J connectivity index is 1.30. The summed E-state index contributed by atoms with van der Waals surface area (Å²) >= 11 is 0. The monoisotopic (exact) mass is 356 g/mol. The van der Waals surface area contributed by atoms with Gasteiger partial charge in [0.2, 0.25) is 0 Å². The number of rotatable bonds is 4. The average molecular weight is 356 g/mol. The molecule has 5 heteroatoms. The first-order valence-electron chi connectivity index (χ1n) is 9.01. The molecule has 2 N–H and O–H groups in total. The molecule has 2 aromatic carbocycles. The summed E-state index contributed by atoms with van der Waals surface area (Å²) in [5, 5.41) is 0. The van der Waals surface area contributed by atoms with E-state index in [-0.39, 0.29) is 0 Å². The fourth-order valence-corrected chi connectivity index (χ4v) is 3.61. The van der Waals surface area contributed by atoms with Gasteiger partial charge in [0, 0.05) is 31.7 Å². The lowest BCUT2D eigenvalue weighted by Crippen LogP contribution is -2.22. The number of pyridine rings is 1. The highest BCUT2D eigenvalue weighted by Crippen LogP contribution is 2.30. The average Bonchev–Trinajstić information content (AvgIpc) is 3.32. The van der Waals surface area contributed by atoms with Crippen molar-refractivity contribution in [3.05, 3.63) is 84.3 Å². The standard InChI is InChI=1S/C22H20N4O/c23-20-11-16(19-6-8-22-24-9-10-26(22)14-19)5-7-21(20)27-15-25-12-17-3-1-2-4-18(17)13-25/h1-11,14H,12-13,15,23H2. The summed E-state index contributed by atoms with van der Waals surface area (Å²) in [6.07, 6.45) is 5.79. The zero-order valence-electron chi connectivity index (χ0n) is 14.9. The van der Waals surface area contributed by atoms with Crippen molar-refractivity contribution in [2.24, 2.45) is 0 Å². The van der Waals surface area contributed by atoms with Crippen LogP contribution in [0.15, 0.2) is 73.2 Å². The Morgan fingerprint density at radius 2 is 1.74 bits per heavy atom. The van der Waals surface area contributed by atoms with Gasteiger partial charge in [0.05, 0.1) is 5.69 Å². The molecule has 1 aliphatic rings. The van der Waals surface area contributed by atoms with Gasteiger partial charge in [0.25, 0.3) is 0 Å². The van der Waals surface area contributed by atoms with Crippen LogP contribution in [0, 0.1) is 0 Å². The molecule has 0 fully saturated rings. The molecule has 0 spiro atoms. The Kier molecular flexibility index (Phi) is 3.80. The van der Waals surface area contributed by atoms with Gasteiger partial charge in [-0.25, -0.2) is 4.98 Å². The van der Waals surface area contributed by atoms with Gasteiger partial charge in [-0.05, 0) is 46.5 Å². The minimum absolute atomic E-state index is 0.527. The summed E-state index contributed by atoms with van der Waals surface area (Å²) in [6.45, 7) is 2.36. The summed E-state index contributed by atoms with van der Waals surface area (Å²) in [5.41, 5.74) is 12.7. The van der Waals surface area contributed by atoms with E-state index in [1.54, 1.807) is 6.20 Å². The molecule has 2 aromatic heterocycles. The molecule has 0 unspecified atom stereocenters. The van der Waals surface area contributed by atoms with Gasteiger partial charge < -0.3 is 14.9 Å². The molecule has 4 aromatic rings. The SMILES string of the molecule is Nc1cc(-c2ccc3nccn3c2)ccc1OCN1Cc2ccccc2C1. The molecule has 0 aliphatic carbocycles. The topological polar surface area (TPSA) is 55.8 Å². The maximum atomic E-state index is 6.26. The van der Waals surface area contributed by atoms with Gasteiger partial charge >= 0.3 is 0 Å². The molecule has 0 radical (unpaired) electrons. The molecule has 0 atom stereocenters. The van der Waals surface area contributed by atoms with Crippen LogP contribution in [0.25, 0.3) is 16.8 Å². The largest absolute Gasteiger partial charge is 0.476 e. The minimum atomic E-state index is 0.527. The number of aromatic nitrogens is 2. The van der Waals surface area contributed by atoms with Crippen molar-refractivity contribution in [2.75, 3.05) is 12.5 Å². The number of nitrogens with zero attached hydrogens (tertiary/aromatic N) is 3. The lowest BCUT2D eigenvalue weighted by molar-refractivity contribution is 0.126. The number of fused-ring (bicyclic) bond motifs is 2. The second-order valence-corrected chi connectivity index (χ2v) is 6.89. The maximum absolute atomic E-state index is 6.26. The summed E-state index contributed by atoms with van der Waals surface area (Å²) in [4.78, 5) is 6.54. The van der Waals surface area contributed by atoms with Gasteiger partial charge in [0.15, 0.2) is 0 Å². The van der Waals surface area contributed by atoms with Gasteiger partial charge in [0.1, 0.15) is 18.1 Å². The van der Waals surface area contributed by atoms with E-state index < -0.39 is 0 Å². The molecule has 0 bridgehead atoms. The van der Waals surface area contributed by atoms with E-state index in [2.05, 4.69) is 46.4 Å². The van der Waals surface area contributed by atoms with E-state index in [9.17, 15) is 0 Å². The molecule has 0 saturated heterocycles. The van der Waals surface area contributed by atoms with Crippen LogP contribution in [0.1, 0.15) is 11.1 Å². The van der Waals surface area contributed by atoms with Crippen molar-refractivity contribution in [1.29, 1.82) is 0 Å². The first kappa shape index (κ1) is 15.9. The number of ether oxygens (including phenoxy) is 1. The normalized spacial score (nSPS) is 13.8. The van der Waals surface area contributed by atoms with Crippen LogP contribution in [-0.4, -0.2) is 21.0 Å². The lowest BCUT2D eigenvalue weighted by atomic mass is 10.1. The van der Waals surface area contributed by atoms with E-state index in [0.29, 0.717) is 12.4 Å². The van der Waals surface area contributed by atoms with E-state index >= 15 is 0 Å². The second-order valence-electron chi connectivity index (χ2n) is 6.89. The lowest BCUT2D eigenvalue weighted by Gasteiger charge is -2.17. The van der Waals surface area contributed by atoms with Gasteiger partial charge in [-0.15, -0.1) is 0 Å². The minimum Gasteiger partial charge on any atom is -0.476 e. The van der Waals surface area contributed by atoms with Crippen molar-refractivity contribution in [2.45, 2.75) is 13.1 Å². The molecular formula is C22H20N4O. The fraction of sp³-hybridized carbons (Fsp3) is 0.136. The van der Waals surface area contributed by atoms with Crippen LogP contribution in [-0.2, 0) is 13.1 Å². The van der Waals surface area contributed by atoms with Crippen LogP contribution >= 0.6 is 0 Å². The third kappa shape index (κ3) is 3.02. The van der Waals surface area contributed by atoms with Crippen molar-refractivity contribution in [3.8, 4) is 16.9 Å². The molecule has 0 saturated carbocycles. The van der Waals surface area contributed by atoms with Crippen molar-refractivity contribution < 1.29 is 4.74 Å². The quantitative estimate of drug-likeness (QED) is 0.563. The van der Waals surface area contributed by atoms with Crippen LogP contribution in [0.2, 0.25) is 0 Å². The van der Waals surface area contributed by atoms with Crippen molar-refractivity contribution in [3.63, 3.8) is 0 Å². The Hall–Kier alpha value is -3.31. The highest BCUT2D eigenvalue weighted by Gasteiger charge is 2.18. The van der Waals surface area contributed by atoms with E-state index in [4.69, 9.17) is 10.5 Å². The summed E-state index contributed by atoms with van der Waals surface area (Å²) in [5.74, 6) is 0.721. The first-order chi connectivity index (χ1) is 13.3. The number of hydrogen-bond acceptors (Lipinski definition) is 4. The van der Waals surface area contributed by atoms with Crippen LogP contribution < -0.4 is 10.5 Å². The predicted molar refractivity (Wildman–Crippen MR) is 106 cm³/mol. The Morgan fingerprint density at radius 3 is 2.52 bits per heavy atom. The van der Waals surface area contributed by atoms with E-state index in [0.717, 1.165) is 35.6 Å². The third-order valence-corrected chi connectivity index (χ3v) is 5.04. The Labute approximate surface area is 157 Å². The fourth-order valence-electron chi connectivity index (χ4n) is 3.61. The molecule has 5 nitrogen and oxygen atoms in total. The van der Waals surface area contributed by atoms with Crippen molar-refractivity contribution >= 4 is 11.3 Å². The number of hydrogen-bond donors (Lipinski definition) is 1. The van der Waals surface area contributed by atoms with Gasteiger partial charge in [-0.1, -0.05) is 30.3 Å². The zero-order valence-corrected chi connectivity index (χ0v) is 14.9. The molecular weight excluding hydrogens is 336 g/mol. The zero-order chi connectivity index (χ0) is 18.2. The number of nitrogens with two attached hydrogens (primary N) is 1. The highest BCUT2D eigenvalue weighted by molar-refractivity contribution is 5.71. The van der Waals surface area contributed by atoms with Gasteiger partial charge in [-0.3, -0.25) is 4.90 Å². The summed E-state index contributed by atoms with van der Waals surface area (Å²) in [7, 11) is 0. The van der Waals surface area contributed by atoms with E-state index in [1.807, 2.05) is 34.9 Å². The molecule has 3 heterocycles. The molecule has 0 amide bonds. The van der Waals surface area contributed by atoms with Crippen molar-refractivity contribution in [1.82, 2.24) is 14.3 Å². The van der Waals surface area contributed by atoms with Crippen LogP contribution in [0.3, 0.4) is 0 Å². The van der Waals surface area contributed by atoms with Crippen LogP contribution in [0.5, 0.6) is 5.75 Å². The number of nitrogen functional groups attached to an aromatic ring is 1. The third-order valence-electron chi connectivity index (χ3n) is 5.04. The number of imidazole rings is 1. The predicted octanol–water partition coefficient (Wildman–Crippen LogP) is 3.94. The molecule has 134 valence electrons. The molecule has 5 rings (SSSR count). The Bertz CT molecular complexity index is 1090. The van der Waals surface area contributed by atoms with E-state index in [1.165, 1.54) is 11.1 Å². The smallest absolute Gasteiger partial charge is 0.144 e. The van der Waals surface area contributed by atoms with Crippen LogP contribution in [0.4, 0.5) is 5.69 Å². The second kappa shape index (κ2) is 6.45. The molecule has 27 heavy (non-hydrogen) atoms.